The molecule has 0 saturated heterocycles. The minimum Gasteiger partial charge on any atom is -0.380 e. The molecule has 2 atom stereocenters. The second kappa shape index (κ2) is 7.07. The van der Waals surface area contributed by atoms with Gasteiger partial charge in [-0.05, 0) is 24.8 Å². The van der Waals surface area contributed by atoms with E-state index in [1.807, 2.05) is 6.92 Å². The van der Waals surface area contributed by atoms with E-state index in [2.05, 4.69) is 19.2 Å². The van der Waals surface area contributed by atoms with Crippen molar-refractivity contribution >= 4 is 11.4 Å². The van der Waals surface area contributed by atoms with Gasteiger partial charge in [-0.3, -0.25) is 10.1 Å². The van der Waals surface area contributed by atoms with Gasteiger partial charge < -0.3 is 5.32 Å². The molecular weight excluding hydrogens is 247 g/mol. The van der Waals surface area contributed by atoms with Gasteiger partial charge in [0.15, 0.2) is 0 Å². The summed E-state index contributed by atoms with van der Waals surface area (Å²) >= 11 is 0. The van der Waals surface area contributed by atoms with Crippen molar-refractivity contribution < 1.29 is 9.31 Å². The van der Waals surface area contributed by atoms with Gasteiger partial charge in [0.25, 0.3) is 5.69 Å². The zero-order valence-electron chi connectivity index (χ0n) is 11.6. The van der Waals surface area contributed by atoms with Gasteiger partial charge >= 0.3 is 0 Å². The molecular formula is C14H21FN2O2. The SMILES string of the molecule is CCC(C)CC(CC)Nc1cc([N+](=O)[O-])ccc1F. The summed E-state index contributed by atoms with van der Waals surface area (Å²) in [6.45, 7) is 6.29. The van der Waals surface area contributed by atoms with Crippen LogP contribution in [0.25, 0.3) is 0 Å². The Morgan fingerprint density at radius 1 is 1.37 bits per heavy atom. The third kappa shape index (κ3) is 4.50. The van der Waals surface area contributed by atoms with E-state index in [9.17, 15) is 14.5 Å². The van der Waals surface area contributed by atoms with Crippen molar-refractivity contribution in [1.82, 2.24) is 0 Å². The first kappa shape index (κ1) is 15.4. The second-order valence-corrected chi connectivity index (χ2v) is 4.92. The van der Waals surface area contributed by atoms with Crippen LogP contribution in [0.2, 0.25) is 0 Å². The van der Waals surface area contributed by atoms with Gasteiger partial charge in [-0.2, -0.15) is 0 Å². The van der Waals surface area contributed by atoms with Gasteiger partial charge in [0.1, 0.15) is 5.82 Å². The highest BCUT2D eigenvalue weighted by Gasteiger charge is 2.15. The maximum Gasteiger partial charge on any atom is 0.271 e. The van der Waals surface area contributed by atoms with E-state index in [1.165, 1.54) is 12.1 Å². The maximum atomic E-state index is 13.7. The highest BCUT2D eigenvalue weighted by molar-refractivity contribution is 5.52. The zero-order chi connectivity index (χ0) is 14.4. The van der Waals surface area contributed by atoms with Crippen LogP contribution in [0.4, 0.5) is 15.8 Å². The van der Waals surface area contributed by atoms with Crippen LogP contribution >= 0.6 is 0 Å². The number of nitro groups is 1. The molecule has 4 nitrogen and oxygen atoms in total. The van der Waals surface area contributed by atoms with E-state index in [4.69, 9.17) is 0 Å². The second-order valence-electron chi connectivity index (χ2n) is 4.92. The Kier molecular flexibility index (Phi) is 5.73. The van der Waals surface area contributed by atoms with Crippen molar-refractivity contribution in [2.24, 2.45) is 5.92 Å². The van der Waals surface area contributed by atoms with E-state index in [0.29, 0.717) is 5.92 Å². The average molecular weight is 268 g/mol. The first-order valence-corrected chi connectivity index (χ1v) is 6.68. The summed E-state index contributed by atoms with van der Waals surface area (Å²) < 4.78 is 13.7. The Balaban J connectivity index is 2.84. The van der Waals surface area contributed by atoms with Crippen LogP contribution in [-0.2, 0) is 0 Å². The fraction of sp³-hybridized carbons (Fsp3) is 0.571. The molecule has 0 fully saturated rings. The molecule has 1 N–H and O–H groups in total. The van der Waals surface area contributed by atoms with Crippen LogP contribution < -0.4 is 5.32 Å². The molecule has 0 aromatic heterocycles. The number of nitro benzene ring substituents is 1. The number of nitrogens with zero attached hydrogens (tertiary/aromatic N) is 1. The van der Waals surface area contributed by atoms with Crippen molar-refractivity contribution in [3.63, 3.8) is 0 Å². The van der Waals surface area contributed by atoms with Crippen LogP contribution in [0.15, 0.2) is 18.2 Å². The molecule has 106 valence electrons. The molecule has 0 aliphatic heterocycles. The van der Waals surface area contributed by atoms with Crippen LogP contribution in [0.1, 0.15) is 40.0 Å². The summed E-state index contributed by atoms with van der Waals surface area (Å²) in [6.07, 6.45) is 2.84. The van der Waals surface area contributed by atoms with E-state index in [-0.39, 0.29) is 17.4 Å². The minimum atomic E-state index is -0.514. The van der Waals surface area contributed by atoms with Gasteiger partial charge in [0.2, 0.25) is 0 Å². The molecule has 19 heavy (non-hydrogen) atoms. The number of hydrogen-bond donors (Lipinski definition) is 1. The van der Waals surface area contributed by atoms with Crippen LogP contribution in [0.3, 0.4) is 0 Å². The fourth-order valence-corrected chi connectivity index (χ4v) is 1.94. The summed E-state index contributed by atoms with van der Waals surface area (Å²) in [5, 5.41) is 13.8. The molecule has 0 aliphatic carbocycles. The van der Waals surface area contributed by atoms with Crippen molar-refractivity contribution in [2.45, 2.75) is 46.1 Å². The van der Waals surface area contributed by atoms with E-state index < -0.39 is 10.7 Å². The summed E-state index contributed by atoms with van der Waals surface area (Å²) in [6, 6.07) is 3.70. The van der Waals surface area contributed by atoms with Crippen molar-refractivity contribution in [1.29, 1.82) is 0 Å². The Labute approximate surface area is 113 Å². The van der Waals surface area contributed by atoms with Crippen LogP contribution in [-0.4, -0.2) is 11.0 Å². The van der Waals surface area contributed by atoms with E-state index >= 15 is 0 Å². The van der Waals surface area contributed by atoms with Crippen LogP contribution in [0.5, 0.6) is 0 Å². The molecule has 1 aromatic carbocycles. The first-order chi connectivity index (χ1) is 8.97. The molecule has 2 unspecified atom stereocenters. The summed E-state index contributed by atoms with van der Waals surface area (Å²) in [5.74, 6) is 0.0902. The summed E-state index contributed by atoms with van der Waals surface area (Å²) in [4.78, 5) is 10.2. The first-order valence-electron chi connectivity index (χ1n) is 6.68. The normalized spacial score (nSPS) is 13.9. The molecule has 1 aromatic rings. The lowest BCUT2D eigenvalue weighted by atomic mass is 9.97. The molecule has 0 heterocycles. The van der Waals surface area contributed by atoms with Gasteiger partial charge in [-0.25, -0.2) is 4.39 Å². The lowest BCUT2D eigenvalue weighted by Crippen LogP contribution is -2.22. The fourth-order valence-electron chi connectivity index (χ4n) is 1.94. The lowest BCUT2D eigenvalue weighted by molar-refractivity contribution is -0.384. The number of halogens is 1. The van der Waals surface area contributed by atoms with Crippen molar-refractivity contribution in [3.05, 3.63) is 34.1 Å². The number of rotatable bonds is 7. The Morgan fingerprint density at radius 2 is 2.05 bits per heavy atom. The molecule has 0 aliphatic rings. The highest BCUT2D eigenvalue weighted by Crippen LogP contribution is 2.24. The predicted octanol–water partition coefficient (Wildman–Crippen LogP) is 4.36. The lowest BCUT2D eigenvalue weighted by Gasteiger charge is -2.21. The molecule has 0 amide bonds. The molecule has 5 heteroatoms. The standard InChI is InChI=1S/C14H21FN2O2/c1-4-10(3)8-11(5-2)16-14-9-12(17(18)19)6-7-13(14)15/h6-7,9-11,16H,4-5,8H2,1-3H3. The third-order valence-corrected chi connectivity index (χ3v) is 3.40. The smallest absolute Gasteiger partial charge is 0.271 e. The molecule has 0 radical (unpaired) electrons. The Bertz CT molecular complexity index is 437. The number of nitrogens with one attached hydrogen (secondary N) is 1. The zero-order valence-corrected chi connectivity index (χ0v) is 11.6. The van der Waals surface area contributed by atoms with Gasteiger partial charge in [0.05, 0.1) is 10.6 Å². The highest BCUT2D eigenvalue weighted by atomic mass is 19.1. The molecule has 0 bridgehead atoms. The van der Waals surface area contributed by atoms with Crippen molar-refractivity contribution in [3.8, 4) is 0 Å². The minimum absolute atomic E-state index is 0.0951. The number of hydrogen-bond acceptors (Lipinski definition) is 3. The number of anilines is 1. The number of non-ortho nitro benzene ring substituents is 1. The van der Waals surface area contributed by atoms with E-state index in [0.717, 1.165) is 25.3 Å². The molecule has 0 spiro atoms. The van der Waals surface area contributed by atoms with Gasteiger partial charge in [-0.1, -0.05) is 27.2 Å². The molecule has 0 saturated carbocycles. The monoisotopic (exact) mass is 268 g/mol. The largest absolute Gasteiger partial charge is 0.380 e. The molecule has 1 rings (SSSR count). The summed E-state index contributed by atoms with van der Waals surface area (Å²) in [7, 11) is 0. The average Bonchev–Trinajstić information content (AvgIpc) is 2.39. The maximum absolute atomic E-state index is 13.7. The van der Waals surface area contributed by atoms with Crippen LogP contribution in [0, 0.1) is 21.8 Å². The Morgan fingerprint density at radius 3 is 2.58 bits per heavy atom. The van der Waals surface area contributed by atoms with E-state index in [1.54, 1.807) is 0 Å². The van der Waals surface area contributed by atoms with Crippen molar-refractivity contribution in [2.75, 3.05) is 5.32 Å². The quantitative estimate of drug-likeness (QED) is 0.590. The Hall–Kier alpha value is -1.65. The summed E-state index contributed by atoms with van der Waals surface area (Å²) in [5.41, 5.74) is 0.117. The predicted molar refractivity (Wildman–Crippen MR) is 74.8 cm³/mol. The van der Waals surface area contributed by atoms with Gasteiger partial charge in [0, 0.05) is 18.2 Å². The third-order valence-electron chi connectivity index (χ3n) is 3.40. The van der Waals surface area contributed by atoms with Gasteiger partial charge in [-0.15, -0.1) is 0 Å². The number of benzene rings is 1. The topological polar surface area (TPSA) is 55.2 Å².